The lowest BCUT2D eigenvalue weighted by Crippen LogP contribution is -1.90. The van der Waals surface area contributed by atoms with Crippen LogP contribution in [0.1, 0.15) is 0 Å². The first-order valence-electron chi connectivity index (χ1n) is 17.8. The normalized spacial score (nSPS) is 12.2. The van der Waals surface area contributed by atoms with E-state index in [0.717, 1.165) is 44.1 Å². The van der Waals surface area contributed by atoms with Gasteiger partial charge in [-0.1, -0.05) is 121 Å². The fourth-order valence-corrected chi connectivity index (χ4v) is 8.82. The summed E-state index contributed by atoms with van der Waals surface area (Å²) < 4.78 is 13.5. The number of benzene rings is 9. The van der Waals surface area contributed by atoms with Gasteiger partial charge in [-0.05, 0) is 115 Å². The maximum absolute atomic E-state index is 7.04. The highest BCUT2D eigenvalue weighted by Crippen LogP contribution is 2.53. The third-order valence-electron chi connectivity index (χ3n) is 11.2. The highest BCUT2D eigenvalue weighted by Gasteiger charge is 2.27. The molecule has 52 heavy (non-hydrogen) atoms. The maximum atomic E-state index is 7.04. The van der Waals surface area contributed by atoms with Gasteiger partial charge in [0.15, 0.2) is 0 Å². The Balaban J connectivity index is 1.23. The first kappa shape index (κ1) is 27.9. The predicted octanol–water partition coefficient (Wildman–Crippen LogP) is 14.4. The quantitative estimate of drug-likeness (QED) is 0.188. The molecule has 0 radical (unpaired) electrons. The zero-order valence-corrected chi connectivity index (χ0v) is 28.0. The Morgan fingerprint density at radius 2 is 0.846 bits per heavy atom. The maximum Gasteiger partial charge on any atom is 0.143 e. The summed E-state index contributed by atoms with van der Waals surface area (Å²) in [5.74, 6) is 0. The molecular formula is C50H28O2. The van der Waals surface area contributed by atoms with Crippen LogP contribution in [-0.4, -0.2) is 0 Å². The molecule has 1 aliphatic rings. The van der Waals surface area contributed by atoms with E-state index >= 15 is 0 Å². The number of furan rings is 2. The van der Waals surface area contributed by atoms with Crippen LogP contribution in [-0.2, 0) is 0 Å². The van der Waals surface area contributed by atoms with E-state index in [1.807, 2.05) is 0 Å². The molecule has 240 valence electrons. The van der Waals surface area contributed by atoms with Gasteiger partial charge in [0.1, 0.15) is 22.3 Å². The number of rotatable bonds is 4. The van der Waals surface area contributed by atoms with Crippen molar-refractivity contribution in [2.24, 2.45) is 0 Å². The molecule has 0 atom stereocenters. The van der Waals surface area contributed by atoms with Crippen molar-refractivity contribution >= 4 is 65.4 Å². The second kappa shape index (κ2) is 10.3. The summed E-state index contributed by atoms with van der Waals surface area (Å²) in [7, 11) is 0. The average molecular weight is 661 g/mol. The van der Waals surface area contributed by atoms with E-state index in [9.17, 15) is 0 Å². The topological polar surface area (TPSA) is 26.3 Å². The Labute approximate surface area is 298 Å². The first-order valence-corrected chi connectivity index (χ1v) is 17.8. The van der Waals surface area contributed by atoms with Gasteiger partial charge >= 0.3 is 0 Å². The van der Waals surface area contributed by atoms with Crippen molar-refractivity contribution in [3.63, 3.8) is 0 Å². The van der Waals surface area contributed by atoms with Gasteiger partial charge in [0.05, 0.1) is 0 Å². The van der Waals surface area contributed by atoms with Crippen LogP contribution in [0.25, 0.3) is 121 Å². The van der Waals surface area contributed by atoms with Crippen LogP contribution in [0.5, 0.6) is 0 Å². The highest BCUT2D eigenvalue weighted by molar-refractivity contribution is 6.39. The molecule has 0 saturated heterocycles. The summed E-state index contributed by atoms with van der Waals surface area (Å²) in [6.07, 6.45) is 0. The standard InChI is InChI=1S/C50H28O2/c1-3-10-29(11-4-1)32-14-7-16-34(24-32)36-26-38(35-17-8-15-33(25-35)30-12-5-2-6-13-30)39-28-40-37-18-9-19-42-46(37)48-43(51-42)22-20-31-21-23-44-49(45(31)48)47(40)50(52-44)41(39)27-36/h1-28H. The van der Waals surface area contributed by atoms with E-state index in [-0.39, 0.29) is 0 Å². The number of hydrogen-bond donors (Lipinski definition) is 0. The van der Waals surface area contributed by atoms with Gasteiger partial charge < -0.3 is 8.83 Å². The Morgan fingerprint density at radius 3 is 1.58 bits per heavy atom. The van der Waals surface area contributed by atoms with Crippen molar-refractivity contribution in [3.8, 4) is 55.6 Å². The Kier molecular flexibility index (Phi) is 5.53. The van der Waals surface area contributed by atoms with Crippen molar-refractivity contribution in [2.75, 3.05) is 0 Å². The lowest BCUT2D eigenvalue weighted by Gasteiger charge is -2.16. The molecule has 9 aromatic carbocycles. The summed E-state index contributed by atoms with van der Waals surface area (Å²) in [4.78, 5) is 0. The van der Waals surface area contributed by atoms with E-state index in [1.54, 1.807) is 0 Å². The van der Waals surface area contributed by atoms with Crippen LogP contribution in [0.2, 0.25) is 0 Å². The first-order chi connectivity index (χ1) is 25.8. The molecule has 2 aromatic heterocycles. The molecule has 0 unspecified atom stereocenters. The lowest BCUT2D eigenvalue weighted by molar-refractivity contribution is 0.669. The van der Waals surface area contributed by atoms with E-state index in [1.165, 1.54) is 77.0 Å². The van der Waals surface area contributed by atoms with Crippen molar-refractivity contribution in [3.05, 3.63) is 170 Å². The molecule has 0 aliphatic heterocycles. The number of fused-ring (bicyclic) bond motifs is 3. The zero-order valence-electron chi connectivity index (χ0n) is 28.0. The molecule has 1 aliphatic carbocycles. The SMILES string of the molecule is c1ccc(-c2cccc(-c3cc(-c4cccc(-c5ccccc5)c4)c4cc5c6c(oc7ccc8ccc9oc%10cccc-5c%10c9c8c76)c4c3)c2)cc1. The van der Waals surface area contributed by atoms with E-state index < -0.39 is 0 Å². The molecule has 0 saturated carbocycles. The van der Waals surface area contributed by atoms with E-state index in [0.29, 0.717) is 0 Å². The second-order valence-corrected chi connectivity index (χ2v) is 14.0. The smallest absolute Gasteiger partial charge is 0.143 e. The molecule has 2 nitrogen and oxygen atoms in total. The lowest BCUT2D eigenvalue weighted by atomic mass is 9.87. The number of hydrogen-bond acceptors (Lipinski definition) is 2. The van der Waals surface area contributed by atoms with Crippen molar-refractivity contribution in [1.82, 2.24) is 0 Å². The fraction of sp³-hybridized carbons (Fsp3) is 0. The molecule has 0 amide bonds. The largest absolute Gasteiger partial charge is 0.456 e. The van der Waals surface area contributed by atoms with E-state index in [4.69, 9.17) is 8.83 Å². The van der Waals surface area contributed by atoms with Crippen molar-refractivity contribution in [2.45, 2.75) is 0 Å². The van der Waals surface area contributed by atoms with Crippen LogP contribution in [0.15, 0.2) is 179 Å². The van der Waals surface area contributed by atoms with Gasteiger partial charge in [-0.15, -0.1) is 0 Å². The molecule has 0 N–H and O–H groups in total. The van der Waals surface area contributed by atoms with Gasteiger partial charge in [0.25, 0.3) is 0 Å². The molecule has 11 aromatic rings. The predicted molar refractivity (Wildman–Crippen MR) is 217 cm³/mol. The summed E-state index contributed by atoms with van der Waals surface area (Å²) in [5, 5.41) is 9.35. The summed E-state index contributed by atoms with van der Waals surface area (Å²) in [6, 6.07) is 61.3. The Bertz CT molecular complexity index is 3270. The zero-order chi connectivity index (χ0) is 33.9. The van der Waals surface area contributed by atoms with Crippen LogP contribution in [0.4, 0.5) is 0 Å². The molecule has 0 bridgehead atoms. The monoisotopic (exact) mass is 660 g/mol. The summed E-state index contributed by atoms with van der Waals surface area (Å²) in [5.41, 5.74) is 15.4. The third-order valence-corrected chi connectivity index (χ3v) is 11.2. The van der Waals surface area contributed by atoms with Crippen molar-refractivity contribution in [1.29, 1.82) is 0 Å². The van der Waals surface area contributed by atoms with E-state index in [2.05, 4.69) is 170 Å². The van der Waals surface area contributed by atoms with Gasteiger partial charge in [0, 0.05) is 32.3 Å². The Morgan fingerprint density at radius 1 is 0.269 bits per heavy atom. The Hall–Kier alpha value is -6.90. The third kappa shape index (κ3) is 3.84. The minimum atomic E-state index is 0.898. The van der Waals surface area contributed by atoms with Gasteiger partial charge in [0.2, 0.25) is 0 Å². The summed E-state index contributed by atoms with van der Waals surface area (Å²) >= 11 is 0. The highest BCUT2D eigenvalue weighted by atomic mass is 16.3. The van der Waals surface area contributed by atoms with Gasteiger partial charge in [-0.3, -0.25) is 0 Å². The molecular weight excluding hydrogens is 633 g/mol. The van der Waals surface area contributed by atoms with Crippen LogP contribution >= 0.6 is 0 Å². The molecule has 2 heteroatoms. The van der Waals surface area contributed by atoms with Crippen molar-refractivity contribution < 1.29 is 8.83 Å². The molecule has 0 spiro atoms. The van der Waals surface area contributed by atoms with Gasteiger partial charge in [-0.2, -0.15) is 0 Å². The molecule has 0 fully saturated rings. The van der Waals surface area contributed by atoms with Crippen LogP contribution < -0.4 is 0 Å². The molecule has 2 heterocycles. The average Bonchev–Trinajstić information content (AvgIpc) is 3.77. The minimum absolute atomic E-state index is 0.898. The minimum Gasteiger partial charge on any atom is -0.456 e. The van der Waals surface area contributed by atoms with Crippen LogP contribution in [0, 0.1) is 0 Å². The van der Waals surface area contributed by atoms with Crippen LogP contribution in [0.3, 0.4) is 0 Å². The fourth-order valence-electron chi connectivity index (χ4n) is 8.82. The molecule has 12 rings (SSSR count). The van der Waals surface area contributed by atoms with Gasteiger partial charge in [-0.25, -0.2) is 0 Å². The second-order valence-electron chi connectivity index (χ2n) is 14.0. The summed E-state index contributed by atoms with van der Waals surface area (Å²) in [6.45, 7) is 0.